The van der Waals surface area contributed by atoms with E-state index in [-0.39, 0.29) is 5.91 Å². The number of hydrogen-bond donors (Lipinski definition) is 1. The highest BCUT2D eigenvalue weighted by atomic mass is 16.5. The smallest absolute Gasteiger partial charge is 0.277 e. The van der Waals surface area contributed by atoms with Gasteiger partial charge in [-0.25, -0.2) is 9.97 Å². The number of ether oxygens (including phenoxy) is 1. The molecule has 0 bridgehead atoms. The average molecular weight is 390 g/mol. The molecule has 1 heterocycles. The lowest BCUT2D eigenvalue weighted by atomic mass is 10.2. The number of nitrogens with one attached hydrogen (secondary N) is 1. The summed E-state index contributed by atoms with van der Waals surface area (Å²) >= 11 is 0. The minimum Gasteiger partial charge on any atom is -0.497 e. The van der Waals surface area contributed by atoms with E-state index < -0.39 is 0 Å². The molecule has 0 saturated heterocycles. The zero-order valence-electron chi connectivity index (χ0n) is 16.8. The molecule has 150 valence electrons. The first kappa shape index (κ1) is 20.3. The van der Waals surface area contributed by atoms with Crippen LogP contribution in [0.3, 0.4) is 0 Å². The summed E-state index contributed by atoms with van der Waals surface area (Å²) in [5.41, 5.74) is 2.01. The zero-order chi connectivity index (χ0) is 20.5. The number of carbonyl (C=O) groups excluding carboxylic acids is 1. The van der Waals surface area contributed by atoms with Crippen molar-refractivity contribution in [2.75, 3.05) is 23.9 Å². The van der Waals surface area contributed by atoms with E-state index in [0.717, 1.165) is 36.4 Å². The predicted octanol–water partition coefficient (Wildman–Crippen LogP) is 5.07. The Kier molecular flexibility index (Phi) is 7.16. The highest BCUT2D eigenvalue weighted by molar-refractivity contribution is 6.04. The monoisotopic (exact) mass is 390 g/mol. The summed E-state index contributed by atoms with van der Waals surface area (Å²) in [6.45, 7) is 2.80. The van der Waals surface area contributed by atoms with Crippen LogP contribution in [0.1, 0.15) is 36.7 Å². The summed E-state index contributed by atoms with van der Waals surface area (Å²) in [6.07, 6.45) is 4.71. The van der Waals surface area contributed by atoms with Crippen LogP contribution in [0.2, 0.25) is 0 Å². The largest absolute Gasteiger partial charge is 0.497 e. The van der Waals surface area contributed by atoms with E-state index in [1.807, 2.05) is 54.6 Å². The van der Waals surface area contributed by atoms with Crippen molar-refractivity contribution in [3.8, 4) is 5.75 Å². The number of anilines is 3. The van der Waals surface area contributed by atoms with Crippen molar-refractivity contribution >= 4 is 23.2 Å². The molecule has 1 aromatic heterocycles. The number of amides is 1. The number of benzene rings is 2. The molecule has 3 rings (SSSR count). The first-order chi connectivity index (χ1) is 14.2. The van der Waals surface area contributed by atoms with Crippen LogP contribution in [0.15, 0.2) is 66.9 Å². The van der Waals surface area contributed by atoms with Gasteiger partial charge in [-0.1, -0.05) is 44.0 Å². The minimum atomic E-state index is -0.136. The van der Waals surface area contributed by atoms with Gasteiger partial charge in [0.15, 0.2) is 0 Å². The molecular weight excluding hydrogens is 364 g/mol. The Labute approximate surface area is 171 Å². The fourth-order valence-corrected chi connectivity index (χ4v) is 2.98. The fraction of sp³-hybridized carbons (Fsp3) is 0.261. The second kappa shape index (κ2) is 10.2. The Bertz CT molecular complexity index is 931. The van der Waals surface area contributed by atoms with Gasteiger partial charge in [0.05, 0.1) is 7.11 Å². The molecule has 2 aromatic carbocycles. The molecule has 3 aromatic rings. The van der Waals surface area contributed by atoms with Crippen molar-refractivity contribution in [3.63, 3.8) is 0 Å². The fourth-order valence-electron chi connectivity index (χ4n) is 2.98. The van der Waals surface area contributed by atoms with Crippen molar-refractivity contribution in [1.82, 2.24) is 9.97 Å². The second-order valence-corrected chi connectivity index (χ2v) is 6.62. The summed E-state index contributed by atoms with van der Waals surface area (Å²) in [7, 11) is 1.62. The van der Waals surface area contributed by atoms with Crippen molar-refractivity contribution < 1.29 is 9.53 Å². The normalized spacial score (nSPS) is 10.4. The molecule has 0 radical (unpaired) electrons. The number of nitrogens with zero attached hydrogens (tertiary/aromatic N) is 3. The van der Waals surface area contributed by atoms with Crippen molar-refractivity contribution in [1.29, 1.82) is 0 Å². The third kappa shape index (κ3) is 5.54. The SMILES string of the molecule is CCCCCN(C(=O)c1ccnc(Nc2cccc(OC)c2)n1)c1ccccc1. The van der Waals surface area contributed by atoms with Gasteiger partial charge in [-0.05, 0) is 36.8 Å². The number of para-hydroxylation sites is 1. The summed E-state index contributed by atoms with van der Waals surface area (Å²) in [4.78, 5) is 23.7. The van der Waals surface area contributed by atoms with Gasteiger partial charge in [0.25, 0.3) is 5.91 Å². The maximum atomic E-state index is 13.2. The van der Waals surface area contributed by atoms with Crippen LogP contribution in [0.4, 0.5) is 17.3 Å². The quantitative estimate of drug-likeness (QED) is 0.517. The van der Waals surface area contributed by atoms with E-state index in [4.69, 9.17) is 4.74 Å². The number of methoxy groups -OCH3 is 1. The number of unbranched alkanes of at least 4 members (excludes halogenated alkanes) is 2. The van der Waals surface area contributed by atoms with Gasteiger partial charge in [0, 0.05) is 30.2 Å². The van der Waals surface area contributed by atoms with Crippen LogP contribution in [0, 0.1) is 0 Å². The number of hydrogen-bond acceptors (Lipinski definition) is 5. The van der Waals surface area contributed by atoms with Crippen LogP contribution in [-0.2, 0) is 0 Å². The van der Waals surface area contributed by atoms with Gasteiger partial charge < -0.3 is 15.0 Å². The lowest BCUT2D eigenvalue weighted by molar-refractivity contribution is 0.0981. The summed E-state index contributed by atoms with van der Waals surface area (Å²) < 4.78 is 5.24. The van der Waals surface area contributed by atoms with Gasteiger partial charge in [-0.2, -0.15) is 0 Å². The van der Waals surface area contributed by atoms with Gasteiger partial charge in [0.2, 0.25) is 5.95 Å². The van der Waals surface area contributed by atoms with Gasteiger partial charge in [0.1, 0.15) is 11.4 Å². The van der Waals surface area contributed by atoms with Crippen LogP contribution in [-0.4, -0.2) is 29.5 Å². The van der Waals surface area contributed by atoms with Crippen molar-refractivity contribution in [3.05, 3.63) is 72.6 Å². The van der Waals surface area contributed by atoms with E-state index in [2.05, 4.69) is 22.2 Å². The van der Waals surface area contributed by atoms with Gasteiger partial charge in [-0.3, -0.25) is 4.79 Å². The van der Waals surface area contributed by atoms with Crippen LogP contribution < -0.4 is 15.0 Å². The Morgan fingerprint density at radius 3 is 2.66 bits per heavy atom. The summed E-state index contributed by atoms with van der Waals surface area (Å²) in [5.74, 6) is 0.961. The third-order valence-corrected chi connectivity index (χ3v) is 4.50. The second-order valence-electron chi connectivity index (χ2n) is 6.62. The van der Waals surface area contributed by atoms with Crippen LogP contribution in [0.25, 0.3) is 0 Å². The van der Waals surface area contributed by atoms with Gasteiger partial charge >= 0.3 is 0 Å². The highest BCUT2D eigenvalue weighted by Gasteiger charge is 2.19. The number of rotatable bonds is 9. The topological polar surface area (TPSA) is 67.4 Å². The van der Waals surface area contributed by atoms with E-state index in [0.29, 0.717) is 18.2 Å². The molecule has 0 fully saturated rings. The molecule has 0 aliphatic heterocycles. The minimum absolute atomic E-state index is 0.136. The Morgan fingerprint density at radius 2 is 1.90 bits per heavy atom. The lowest BCUT2D eigenvalue weighted by Gasteiger charge is -2.22. The highest BCUT2D eigenvalue weighted by Crippen LogP contribution is 2.21. The maximum Gasteiger partial charge on any atom is 0.277 e. The number of aromatic nitrogens is 2. The Hall–Kier alpha value is -3.41. The van der Waals surface area contributed by atoms with E-state index in [1.165, 1.54) is 0 Å². The molecule has 0 aliphatic carbocycles. The molecule has 0 saturated carbocycles. The lowest BCUT2D eigenvalue weighted by Crippen LogP contribution is -2.32. The first-order valence-electron chi connectivity index (χ1n) is 9.82. The maximum absolute atomic E-state index is 13.2. The Balaban J connectivity index is 1.81. The molecule has 29 heavy (non-hydrogen) atoms. The predicted molar refractivity (Wildman–Crippen MR) is 116 cm³/mol. The molecule has 6 nitrogen and oxygen atoms in total. The molecule has 6 heteroatoms. The third-order valence-electron chi connectivity index (χ3n) is 4.50. The average Bonchev–Trinajstić information content (AvgIpc) is 2.77. The van der Waals surface area contributed by atoms with E-state index in [1.54, 1.807) is 24.3 Å². The number of carbonyl (C=O) groups is 1. The molecule has 1 amide bonds. The summed E-state index contributed by atoms with van der Waals surface area (Å²) in [6, 6.07) is 18.8. The van der Waals surface area contributed by atoms with Crippen molar-refractivity contribution in [2.24, 2.45) is 0 Å². The standard InChI is InChI=1S/C23H26N4O2/c1-3-4-8-16-27(19-11-6-5-7-12-19)22(28)21-14-15-24-23(26-21)25-18-10-9-13-20(17-18)29-2/h5-7,9-15,17H,3-4,8,16H2,1-2H3,(H,24,25,26). The first-order valence-corrected chi connectivity index (χ1v) is 9.82. The summed E-state index contributed by atoms with van der Waals surface area (Å²) in [5, 5.41) is 3.13. The van der Waals surface area contributed by atoms with E-state index in [9.17, 15) is 4.79 Å². The molecule has 1 N–H and O–H groups in total. The zero-order valence-corrected chi connectivity index (χ0v) is 16.8. The van der Waals surface area contributed by atoms with Crippen LogP contribution in [0.5, 0.6) is 5.75 Å². The van der Waals surface area contributed by atoms with Crippen LogP contribution >= 0.6 is 0 Å². The Morgan fingerprint density at radius 1 is 1.07 bits per heavy atom. The van der Waals surface area contributed by atoms with Gasteiger partial charge in [-0.15, -0.1) is 0 Å². The molecule has 0 spiro atoms. The molecular formula is C23H26N4O2. The van der Waals surface area contributed by atoms with Crippen molar-refractivity contribution in [2.45, 2.75) is 26.2 Å². The molecule has 0 aliphatic rings. The van der Waals surface area contributed by atoms with E-state index >= 15 is 0 Å². The molecule has 0 atom stereocenters. The molecule has 0 unspecified atom stereocenters.